The lowest BCUT2D eigenvalue weighted by atomic mass is 9.81. The molecule has 0 aromatic heterocycles. The molecule has 0 radical (unpaired) electrons. The number of hydrogen-bond acceptors (Lipinski definition) is 0. The van der Waals surface area contributed by atoms with E-state index in [1.807, 2.05) is 13.8 Å². The van der Waals surface area contributed by atoms with Gasteiger partial charge in [-0.3, -0.25) is 0 Å². The van der Waals surface area contributed by atoms with Crippen molar-refractivity contribution in [3.63, 3.8) is 0 Å². The van der Waals surface area contributed by atoms with Crippen molar-refractivity contribution < 1.29 is 69.7 Å². The normalized spacial score (nSPS) is 14.4. The fourth-order valence-corrected chi connectivity index (χ4v) is 13.5. The Hall–Kier alpha value is -4.09. The maximum absolute atomic E-state index is 14.4. The molecule has 318 valence electrons. The quantitative estimate of drug-likeness (QED) is 0.105. The summed E-state index contributed by atoms with van der Waals surface area (Å²) in [5.74, 6) is 0. The third-order valence-corrected chi connectivity index (χ3v) is 15.8. The molecular formula is C46H38BrF12P. The molecule has 6 aromatic rings. The molecule has 0 saturated carbocycles. The minimum Gasteiger partial charge on any atom is -1.00 e. The van der Waals surface area contributed by atoms with E-state index in [2.05, 4.69) is 0 Å². The molecule has 14 heteroatoms. The summed E-state index contributed by atoms with van der Waals surface area (Å²) in [5, 5.41) is 2.17. The average molecular weight is 930 g/mol. The van der Waals surface area contributed by atoms with Crippen molar-refractivity contribution >= 4 is 28.8 Å². The summed E-state index contributed by atoms with van der Waals surface area (Å²) in [5.41, 5.74) is -4.17. The van der Waals surface area contributed by atoms with E-state index < -0.39 is 54.2 Å². The van der Waals surface area contributed by atoms with Crippen LogP contribution >= 0.6 is 7.26 Å². The molecule has 1 aliphatic heterocycles. The summed E-state index contributed by atoms with van der Waals surface area (Å²) in [4.78, 5) is 0. The summed E-state index contributed by atoms with van der Waals surface area (Å²) in [6.45, 7) is 3.97. The van der Waals surface area contributed by atoms with Crippen molar-refractivity contribution in [1.82, 2.24) is 0 Å². The van der Waals surface area contributed by atoms with E-state index in [1.54, 1.807) is 60.7 Å². The van der Waals surface area contributed by atoms with Crippen LogP contribution < -0.4 is 17.0 Å². The second kappa shape index (κ2) is 16.6. The Morgan fingerprint density at radius 1 is 0.450 bits per heavy atom. The van der Waals surface area contributed by atoms with Gasteiger partial charge in [0.25, 0.3) is 0 Å². The Morgan fingerprint density at radius 3 is 1.07 bits per heavy atom. The van der Waals surface area contributed by atoms with Gasteiger partial charge in [0.05, 0.1) is 46.9 Å². The molecular weight excluding hydrogens is 891 g/mol. The molecule has 0 atom stereocenters. The van der Waals surface area contributed by atoms with Gasteiger partial charge in [0.15, 0.2) is 0 Å². The van der Waals surface area contributed by atoms with Crippen LogP contribution in [0.1, 0.15) is 72.9 Å². The zero-order chi connectivity index (χ0) is 42.7. The van der Waals surface area contributed by atoms with Crippen LogP contribution in [0.25, 0.3) is 54.9 Å². The maximum Gasteiger partial charge on any atom is 0.416 e. The van der Waals surface area contributed by atoms with Crippen molar-refractivity contribution in [3.8, 4) is 33.4 Å². The van der Waals surface area contributed by atoms with Crippen molar-refractivity contribution in [2.45, 2.75) is 76.6 Å². The van der Waals surface area contributed by atoms with E-state index in [-0.39, 0.29) is 63.7 Å². The third-order valence-electron chi connectivity index (χ3n) is 11.3. The van der Waals surface area contributed by atoms with Gasteiger partial charge in [-0.25, -0.2) is 0 Å². The highest BCUT2D eigenvalue weighted by molar-refractivity contribution is 7.74. The van der Waals surface area contributed by atoms with Gasteiger partial charge < -0.3 is 17.0 Å². The lowest BCUT2D eigenvalue weighted by Gasteiger charge is -2.29. The first kappa shape index (κ1) is 45.4. The summed E-state index contributed by atoms with van der Waals surface area (Å²) in [6, 6.07) is 20.1. The highest BCUT2D eigenvalue weighted by Crippen LogP contribution is 2.70. The number of fused-ring (bicyclic) bond motifs is 7. The Bertz CT molecular complexity index is 2310. The number of halogens is 13. The van der Waals surface area contributed by atoms with E-state index >= 15 is 0 Å². The van der Waals surface area contributed by atoms with E-state index in [9.17, 15) is 52.7 Å². The summed E-state index contributed by atoms with van der Waals surface area (Å²) >= 11 is 0. The van der Waals surface area contributed by atoms with Gasteiger partial charge in [0, 0.05) is 18.4 Å². The molecule has 0 fully saturated rings. The van der Waals surface area contributed by atoms with Crippen LogP contribution in [0.15, 0.2) is 97.1 Å². The van der Waals surface area contributed by atoms with Crippen LogP contribution in [0.2, 0.25) is 0 Å². The van der Waals surface area contributed by atoms with Crippen molar-refractivity contribution in [3.05, 3.63) is 130 Å². The predicted molar refractivity (Wildman–Crippen MR) is 212 cm³/mol. The minimum absolute atomic E-state index is 0. The van der Waals surface area contributed by atoms with Crippen LogP contribution in [-0.2, 0) is 37.0 Å². The summed E-state index contributed by atoms with van der Waals surface area (Å²) < 4.78 is 173. The SMILES string of the molecule is CCCC[P+]1(CCCC)Cc2c(-c3cc(C(F)(F)F)cc(C(F)(F)F)c3)cc3ccccc3c2-c2c(c(-c3cc(C(F)(F)F)cc(C(F)(F)F)c3)cc3ccccc23)C1.[Br-]. The Labute approximate surface area is 350 Å². The molecule has 0 N–H and O–H groups in total. The van der Waals surface area contributed by atoms with Gasteiger partial charge >= 0.3 is 24.7 Å². The van der Waals surface area contributed by atoms with E-state index in [0.29, 0.717) is 69.0 Å². The maximum atomic E-state index is 14.4. The topological polar surface area (TPSA) is 0 Å². The van der Waals surface area contributed by atoms with Gasteiger partial charge in [-0.15, -0.1) is 0 Å². The van der Waals surface area contributed by atoms with Gasteiger partial charge in [-0.1, -0.05) is 75.2 Å². The van der Waals surface area contributed by atoms with Crippen LogP contribution in [0.3, 0.4) is 0 Å². The van der Waals surface area contributed by atoms with Gasteiger partial charge in [0.1, 0.15) is 0 Å². The predicted octanol–water partition coefficient (Wildman–Crippen LogP) is 13.7. The summed E-state index contributed by atoms with van der Waals surface area (Å²) in [7, 11) is -2.45. The molecule has 0 amide bonds. The second-order valence-electron chi connectivity index (χ2n) is 15.4. The Balaban J connectivity index is 0.00000604. The molecule has 0 spiro atoms. The lowest BCUT2D eigenvalue weighted by Crippen LogP contribution is -3.00. The number of benzene rings is 6. The van der Waals surface area contributed by atoms with Crippen LogP contribution in [0.4, 0.5) is 52.7 Å². The number of alkyl halides is 12. The fraction of sp³-hybridized carbons (Fsp3) is 0.304. The van der Waals surface area contributed by atoms with Crippen molar-refractivity contribution in [2.75, 3.05) is 12.3 Å². The standard InChI is InChI=1S/C46H38F12P.BrH/c1-3-5-15-59(16-6-4-2)25-39-37(29-17-31(43(47,48)49)23-32(18-29)44(50,51)52)21-27-11-7-9-13-35(27)41(39)42-36-14-10-8-12-28(36)22-38(40(42)26-59)30-19-33(45(53,54)55)24-34(20-30)46(56,57)58;/h7-14,17-24H,3-6,15-16,25-26H2,1-2H3;1H/q+1;/p-1. The molecule has 0 bridgehead atoms. The number of unbranched alkanes of at least 4 members (excludes halogenated alkanes) is 2. The molecule has 0 saturated heterocycles. The molecule has 0 unspecified atom stereocenters. The molecule has 1 aliphatic rings. The average Bonchev–Trinajstić information content (AvgIpc) is 3.32. The third kappa shape index (κ3) is 8.94. The highest BCUT2D eigenvalue weighted by atomic mass is 79.9. The van der Waals surface area contributed by atoms with Crippen LogP contribution in [0.5, 0.6) is 0 Å². The second-order valence-corrected chi connectivity index (χ2v) is 19.6. The molecule has 60 heavy (non-hydrogen) atoms. The molecule has 0 nitrogen and oxygen atoms in total. The van der Waals surface area contributed by atoms with Crippen LogP contribution in [-0.4, -0.2) is 12.3 Å². The molecule has 0 aliphatic carbocycles. The molecule has 7 rings (SSSR count). The monoisotopic (exact) mass is 928 g/mol. The zero-order valence-corrected chi connectivity index (χ0v) is 34.7. The van der Waals surface area contributed by atoms with Crippen molar-refractivity contribution in [2.24, 2.45) is 0 Å². The Kier molecular flexibility index (Phi) is 12.6. The van der Waals surface area contributed by atoms with Gasteiger partial charge in [-0.2, -0.15) is 52.7 Å². The smallest absolute Gasteiger partial charge is 0.416 e. The fourth-order valence-electron chi connectivity index (χ4n) is 8.56. The van der Waals surface area contributed by atoms with E-state index in [0.717, 1.165) is 37.1 Å². The number of hydrogen-bond donors (Lipinski definition) is 0. The number of rotatable bonds is 8. The minimum atomic E-state index is -5.12. The Morgan fingerprint density at radius 2 is 0.767 bits per heavy atom. The van der Waals surface area contributed by atoms with E-state index in [4.69, 9.17) is 0 Å². The largest absolute Gasteiger partial charge is 1.00 e. The van der Waals surface area contributed by atoms with Crippen molar-refractivity contribution in [1.29, 1.82) is 0 Å². The van der Waals surface area contributed by atoms with Gasteiger partial charge in [-0.05, 0) is 116 Å². The first-order valence-corrected chi connectivity index (χ1v) is 21.7. The van der Waals surface area contributed by atoms with E-state index in [1.165, 1.54) is 0 Å². The van der Waals surface area contributed by atoms with Gasteiger partial charge in [0.2, 0.25) is 0 Å². The highest BCUT2D eigenvalue weighted by Gasteiger charge is 2.45. The zero-order valence-electron chi connectivity index (χ0n) is 32.3. The van der Waals surface area contributed by atoms with Crippen LogP contribution in [0, 0.1) is 0 Å². The molecule has 1 heterocycles. The first-order chi connectivity index (χ1) is 27.6. The first-order valence-electron chi connectivity index (χ1n) is 19.2. The molecule has 6 aromatic carbocycles. The lowest BCUT2D eigenvalue weighted by molar-refractivity contribution is -0.144. The summed E-state index contributed by atoms with van der Waals surface area (Å²) in [6.07, 6.45) is -15.8.